The van der Waals surface area contributed by atoms with E-state index < -0.39 is 7.26 Å². The second-order valence-corrected chi connectivity index (χ2v) is 11.7. The summed E-state index contributed by atoms with van der Waals surface area (Å²) in [5, 5.41) is 1.61. The van der Waals surface area contributed by atoms with E-state index in [1.807, 2.05) is 12.1 Å². The summed E-state index contributed by atoms with van der Waals surface area (Å²) in [6.07, 6.45) is 13.5. The lowest BCUT2D eigenvalue weighted by molar-refractivity contribution is 0.832. The summed E-state index contributed by atoms with van der Waals surface area (Å²) in [7, 11) is -0.937. The minimum Gasteiger partial charge on any atom is -0.0843 e. The molecule has 0 heterocycles. The van der Waals surface area contributed by atoms with Gasteiger partial charge in [0, 0.05) is 22.9 Å². The molecule has 1 aromatic carbocycles. The smallest absolute Gasteiger partial charge is 0.0843 e. The summed E-state index contributed by atoms with van der Waals surface area (Å²) in [5.41, 5.74) is 1.32. The van der Waals surface area contributed by atoms with Crippen LogP contribution in [0.5, 0.6) is 0 Å². The zero-order chi connectivity index (χ0) is 16.4. The van der Waals surface area contributed by atoms with Gasteiger partial charge in [-0.25, -0.2) is 0 Å². The molecule has 0 aliphatic carbocycles. The highest BCUT2D eigenvalue weighted by molar-refractivity contribution is 7.75. The largest absolute Gasteiger partial charge is 0.0857 e. The van der Waals surface area contributed by atoms with E-state index in [-0.39, 0.29) is 0 Å². The number of hydrogen-bond donors (Lipinski definition) is 0. The third-order valence-corrected chi connectivity index (χ3v) is 9.87. The van der Waals surface area contributed by atoms with Gasteiger partial charge in [0.1, 0.15) is 0 Å². The molecule has 0 saturated carbocycles. The van der Waals surface area contributed by atoms with E-state index in [1.165, 1.54) is 68.7 Å². The Morgan fingerprint density at radius 1 is 0.818 bits per heavy atom. The minimum absolute atomic E-state index is 0.744. The van der Waals surface area contributed by atoms with E-state index in [0.717, 1.165) is 10.0 Å². The average molecular weight is 362 g/mol. The first-order chi connectivity index (χ1) is 10.6. The van der Waals surface area contributed by atoms with Gasteiger partial charge >= 0.3 is 0 Å². The van der Waals surface area contributed by atoms with Crippen LogP contribution in [0.15, 0.2) is 18.2 Å². The van der Waals surface area contributed by atoms with Gasteiger partial charge in [-0.15, -0.1) is 0 Å². The van der Waals surface area contributed by atoms with Gasteiger partial charge in [-0.3, -0.25) is 0 Å². The molecule has 126 valence electrons. The van der Waals surface area contributed by atoms with Crippen LogP contribution in [-0.4, -0.2) is 18.5 Å². The van der Waals surface area contributed by atoms with Gasteiger partial charge < -0.3 is 0 Å². The first-order valence-electron chi connectivity index (χ1n) is 8.86. The van der Waals surface area contributed by atoms with Crippen molar-refractivity contribution >= 4 is 30.5 Å². The Kier molecular flexibility index (Phi) is 10.0. The Balaban J connectivity index is 2.97. The zero-order valence-corrected chi connectivity index (χ0v) is 16.9. The fourth-order valence-corrected chi connectivity index (χ4v) is 8.74. The molecule has 1 aromatic rings. The normalized spacial score (nSPS) is 11.9. The van der Waals surface area contributed by atoms with Gasteiger partial charge in [-0.2, -0.15) is 0 Å². The third kappa shape index (κ3) is 6.77. The molecular weight excluding hydrogens is 330 g/mol. The molecule has 0 aromatic heterocycles. The van der Waals surface area contributed by atoms with E-state index in [2.05, 4.69) is 26.8 Å². The molecule has 0 nitrogen and oxygen atoms in total. The Labute approximate surface area is 148 Å². The number of rotatable bonds is 11. The summed E-state index contributed by atoms with van der Waals surface area (Å²) in [5.74, 6) is 0. The van der Waals surface area contributed by atoms with E-state index in [0.29, 0.717) is 0 Å². The standard InChI is InChI=1S/C19H32Cl2P/c1-4-7-12-22(13-8-5-2,14-9-6-3)16-17-10-11-18(20)15-19(17)21/h10-11,15H,4-9,12-14,16H2,1-3H3/q+1. The quantitative estimate of drug-likeness (QED) is 0.351. The molecule has 1 rings (SSSR count). The van der Waals surface area contributed by atoms with Crippen LogP contribution in [0.25, 0.3) is 0 Å². The first kappa shape index (κ1) is 20.3. The number of unbranched alkanes of at least 4 members (excludes halogenated alkanes) is 3. The lowest BCUT2D eigenvalue weighted by atomic mass is 10.2. The van der Waals surface area contributed by atoms with Crippen molar-refractivity contribution in [1.82, 2.24) is 0 Å². The Hall–Kier alpha value is 0.230. The monoisotopic (exact) mass is 361 g/mol. The van der Waals surface area contributed by atoms with Crippen molar-refractivity contribution in [2.75, 3.05) is 18.5 Å². The number of halogens is 2. The number of hydrogen-bond acceptors (Lipinski definition) is 0. The van der Waals surface area contributed by atoms with E-state index in [1.54, 1.807) is 0 Å². The van der Waals surface area contributed by atoms with Crippen LogP contribution >= 0.6 is 30.5 Å². The fraction of sp³-hybridized carbons (Fsp3) is 0.684. The van der Waals surface area contributed by atoms with Crippen molar-refractivity contribution < 1.29 is 0 Å². The van der Waals surface area contributed by atoms with Crippen molar-refractivity contribution in [3.63, 3.8) is 0 Å². The maximum Gasteiger partial charge on any atom is 0.0857 e. The van der Waals surface area contributed by atoms with Crippen LogP contribution in [0.2, 0.25) is 10.0 Å². The van der Waals surface area contributed by atoms with Gasteiger partial charge in [-0.1, -0.05) is 69.3 Å². The minimum atomic E-state index is -0.937. The summed E-state index contributed by atoms with van der Waals surface area (Å²) in [6.45, 7) is 6.93. The van der Waals surface area contributed by atoms with Crippen molar-refractivity contribution in [3.8, 4) is 0 Å². The molecule has 3 heteroatoms. The predicted octanol–water partition coefficient (Wildman–Crippen LogP) is 7.91. The van der Waals surface area contributed by atoms with Crippen LogP contribution in [-0.2, 0) is 6.16 Å². The van der Waals surface area contributed by atoms with E-state index in [9.17, 15) is 0 Å². The summed E-state index contributed by atoms with van der Waals surface area (Å²) >= 11 is 12.5. The Morgan fingerprint density at radius 3 is 1.73 bits per heavy atom. The highest BCUT2D eigenvalue weighted by Crippen LogP contribution is 2.63. The summed E-state index contributed by atoms with van der Waals surface area (Å²) < 4.78 is 0. The predicted molar refractivity (Wildman–Crippen MR) is 106 cm³/mol. The topological polar surface area (TPSA) is 0 Å². The Bertz CT molecular complexity index is 410. The second-order valence-electron chi connectivity index (χ2n) is 6.47. The van der Waals surface area contributed by atoms with Crippen molar-refractivity contribution in [1.29, 1.82) is 0 Å². The second kappa shape index (κ2) is 10.9. The van der Waals surface area contributed by atoms with Crippen LogP contribution in [0.1, 0.15) is 64.9 Å². The molecule has 0 saturated heterocycles. The van der Waals surface area contributed by atoms with Gasteiger partial charge in [-0.05, 0) is 31.4 Å². The molecule has 0 unspecified atom stereocenters. The van der Waals surface area contributed by atoms with Crippen LogP contribution < -0.4 is 0 Å². The first-order valence-corrected chi connectivity index (χ1v) is 12.1. The molecule has 0 aliphatic heterocycles. The van der Waals surface area contributed by atoms with Crippen LogP contribution in [0, 0.1) is 0 Å². The summed E-state index contributed by atoms with van der Waals surface area (Å²) in [4.78, 5) is 0. The lowest BCUT2D eigenvalue weighted by Crippen LogP contribution is -2.12. The molecule has 0 radical (unpaired) electrons. The molecule has 0 spiro atoms. The molecule has 0 N–H and O–H groups in total. The molecule has 0 fully saturated rings. The van der Waals surface area contributed by atoms with Gasteiger partial charge in [0.2, 0.25) is 0 Å². The average Bonchev–Trinajstić information content (AvgIpc) is 2.51. The van der Waals surface area contributed by atoms with Gasteiger partial charge in [0.15, 0.2) is 0 Å². The lowest BCUT2D eigenvalue weighted by Gasteiger charge is -2.28. The zero-order valence-electron chi connectivity index (χ0n) is 14.5. The van der Waals surface area contributed by atoms with Crippen LogP contribution in [0.4, 0.5) is 0 Å². The third-order valence-electron chi connectivity index (χ3n) is 4.48. The molecular formula is C19H32Cl2P+. The SMILES string of the molecule is CCCC[P+](CCCC)(CCCC)Cc1ccc(Cl)cc1Cl. The maximum absolute atomic E-state index is 6.47. The molecule has 0 bridgehead atoms. The van der Waals surface area contributed by atoms with Crippen molar-refractivity contribution in [2.45, 2.75) is 65.5 Å². The van der Waals surface area contributed by atoms with E-state index >= 15 is 0 Å². The Morgan fingerprint density at radius 2 is 1.32 bits per heavy atom. The van der Waals surface area contributed by atoms with Gasteiger partial charge in [0.05, 0.1) is 24.6 Å². The molecule has 22 heavy (non-hydrogen) atoms. The van der Waals surface area contributed by atoms with E-state index in [4.69, 9.17) is 23.2 Å². The number of benzene rings is 1. The highest BCUT2D eigenvalue weighted by Gasteiger charge is 2.36. The van der Waals surface area contributed by atoms with Crippen LogP contribution in [0.3, 0.4) is 0 Å². The fourth-order valence-electron chi connectivity index (χ4n) is 3.06. The molecule has 0 amide bonds. The summed E-state index contributed by atoms with van der Waals surface area (Å²) in [6, 6.07) is 6.06. The molecule has 0 aliphatic rings. The maximum atomic E-state index is 6.47. The van der Waals surface area contributed by atoms with Crippen molar-refractivity contribution in [2.24, 2.45) is 0 Å². The highest BCUT2D eigenvalue weighted by atomic mass is 35.5. The molecule has 0 atom stereocenters. The van der Waals surface area contributed by atoms with Gasteiger partial charge in [0.25, 0.3) is 0 Å². The van der Waals surface area contributed by atoms with Crippen molar-refractivity contribution in [3.05, 3.63) is 33.8 Å².